The van der Waals surface area contributed by atoms with Crippen LogP contribution < -0.4 is 9.47 Å². The number of hydrazone groups is 1. The van der Waals surface area contributed by atoms with E-state index in [0.29, 0.717) is 11.5 Å². The van der Waals surface area contributed by atoms with Crippen LogP contribution in [0.3, 0.4) is 0 Å². The number of amides is 1. The molecule has 2 aliphatic rings. The van der Waals surface area contributed by atoms with E-state index in [1.165, 1.54) is 0 Å². The molecule has 2 atom stereocenters. The Hall–Kier alpha value is -2.57. The van der Waals surface area contributed by atoms with Crippen molar-refractivity contribution >= 4 is 17.6 Å². The molecule has 7 heteroatoms. The second kappa shape index (κ2) is 7.13. The summed E-state index contributed by atoms with van der Waals surface area (Å²) in [6, 6.07) is 5.51. The van der Waals surface area contributed by atoms with Gasteiger partial charge in [0.25, 0.3) is 0 Å². The fraction of sp³-hybridized carbons (Fsp3) is 0.500. The number of hydrogen-bond acceptors (Lipinski definition) is 5. The molecule has 3 rings (SSSR count). The number of carboxylic acids is 1. The first-order valence-electron chi connectivity index (χ1n) is 8.39. The van der Waals surface area contributed by atoms with Crippen molar-refractivity contribution < 1.29 is 24.2 Å². The smallest absolute Gasteiger partial charge is 0.325 e. The number of benzene rings is 1. The molecular formula is C18H22N2O5. The first-order chi connectivity index (χ1) is 12.0. The summed E-state index contributed by atoms with van der Waals surface area (Å²) < 4.78 is 10.6. The van der Waals surface area contributed by atoms with E-state index >= 15 is 0 Å². The fourth-order valence-electron chi connectivity index (χ4n) is 3.71. The van der Waals surface area contributed by atoms with Crippen LogP contribution in [0.1, 0.15) is 31.2 Å². The summed E-state index contributed by atoms with van der Waals surface area (Å²) in [7, 11) is 3.13. The number of hydrogen-bond donors (Lipinski definition) is 1. The van der Waals surface area contributed by atoms with E-state index in [4.69, 9.17) is 14.6 Å². The number of methoxy groups -OCH3 is 2. The minimum atomic E-state index is -1.07. The first-order valence-corrected chi connectivity index (χ1v) is 8.39. The number of aliphatic carboxylic acids is 1. The van der Waals surface area contributed by atoms with E-state index in [9.17, 15) is 9.59 Å². The molecule has 7 nitrogen and oxygen atoms in total. The molecule has 1 amide bonds. The number of fused-ring (bicyclic) bond motifs is 1. The third kappa shape index (κ3) is 3.31. The second-order valence-electron chi connectivity index (χ2n) is 6.34. The van der Waals surface area contributed by atoms with Crippen LogP contribution >= 0.6 is 0 Å². The number of ether oxygens (including phenoxy) is 2. The van der Waals surface area contributed by atoms with Crippen molar-refractivity contribution in [3.05, 3.63) is 23.8 Å². The molecule has 0 unspecified atom stereocenters. The van der Waals surface area contributed by atoms with Crippen molar-refractivity contribution in [2.75, 3.05) is 20.8 Å². The van der Waals surface area contributed by atoms with Crippen LogP contribution in [-0.4, -0.2) is 48.5 Å². The van der Waals surface area contributed by atoms with E-state index in [0.717, 1.165) is 42.0 Å². The van der Waals surface area contributed by atoms with Crippen LogP contribution in [0.2, 0.25) is 0 Å². The Labute approximate surface area is 146 Å². The molecule has 1 aliphatic carbocycles. The van der Waals surface area contributed by atoms with Gasteiger partial charge in [0.05, 0.1) is 19.9 Å². The van der Waals surface area contributed by atoms with Crippen molar-refractivity contribution in [1.82, 2.24) is 5.01 Å². The molecule has 1 fully saturated rings. The van der Waals surface area contributed by atoms with Gasteiger partial charge in [0, 0.05) is 17.4 Å². The molecule has 25 heavy (non-hydrogen) atoms. The second-order valence-corrected chi connectivity index (χ2v) is 6.34. The van der Waals surface area contributed by atoms with E-state index in [-0.39, 0.29) is 17.7 Å². The maximum atomic E-state index is 12.6. The van der Waals surface area contributed by atoms with Crippen molar-refractivity contribution in [2.24, 2.45) is 16.9 Å². The minimum absolute atomic E-state index is 0.0180. The first kappa shape index (κ1) is 17.3. The van der Waals surface area contributed by atoms with Gasteiger partial charge in [0.2, 0.25) is 5.91 Å². The van der Waals surface area contributed by atoms with Crippen LogP contribution in [0.5, 0.6) is 11.5 Å². The van der Waals surface area contributed by atoms with Gasteiger partial charge < -0.3 is 14.6 Å². The normalized spacial score (nSPS) is 22.9. The summed E-state index contributed by atoms with van der Waals surface area (Å²) in [4.78, 5) is 23.7. The maximum absolute atomic E-state index is 12.6. The van der Waals surface area contributed by atoms with E-state index in [1.807, 2.05) is 12.1 Å². The molecule has 1 N–H and O–H groups in total. The van der Waals surface area contributed by atoms with Gasteiger partial charge in [-0.2, -0.15) is 5.10 Å². The average Bonchev–Trinajstić information content (AvgIpc) is 2.63. The predicted octanol–water partition coefficient (Wildman–Crippen LogP) is 2.14. The molecule has 1 heterocycles. The highest BCUT2D eigenvalue weighted by atomic mass is 16.5. The van der Waals surface area contributed by atoms with Crippen LogP contribution in [0.4, 0.5) is 0 Å². The number of carbonyl (C=O) groups excluding carboxylic acids is 1. The standard InChI is InChI=1S/C18H22N2O5/c1-24-14-8-7-11(9-15(14)25-2)17-12-5-3-4-6-13(12)18(23)20(19-17)10-16(21)22/h7-9,12-13H,3-6,10H2,1-2H3,(H,21,22)/t12-,13+/m1/s1. The molecule has 134 valence electrons. The summed E-state index contributed by atoms with van der Waals surface area (Å²) in [5.74, 6) is -0.245. The van der Waals surface area contributed by atoms with Gasteiger partial charge in [0.15, 0.2) is 11.5 Å². The van der Waals surface area contributed by atoms with Gasteiger partial charge >= 0.3 is 5.97 Å². The van der Waals surface area contributed by atoms with Crippen molar-refractivity contribution in [3.63, 3.8) is 0 Å². The zero-order valence-electron chi connectivity index (χ0n) is 14.4. The highest BCUT2D eigenvalue weighted by Crippen LogP contribution is 2.38. The highest BCUT2D eigenvalue weighted by molar-refractivity contribution is 6.07. The van der Waals surface area contributed by atoms with E-state index in [2.05, 4.69) is 5.10 Å². The summed E-state index contributed by atoms with van der Waals surface area (Å²) in [5.41, 5.74) is 1.59. The summed E-state index contributed by atoms with van der Waals surface area (Å²) in [5, 5.41) is 14.6. The lowest BCUT2D eigenvalue weighted by Gasteiger charge is -2.38. The topological polar surface area (TPSA) is 88.4 Å². The Morgan fingerprint density at radius 3 is 2.52 bits per heavy atom. The third-order valence-corrected chi connectivity index (χ3v) is 4.88. The van der Waals surface area contributed by atoms with Gasteiger partial charge in [0.1, 0.15) is 6.54 Å². The lowest BCUT2D eigenvalue weighted by atomic mass is 9.73. The van der Waals surface area contributed by atoms with Crippen molar-refractivity contribution in [1.29, 1.82) is 0 Å². The SMILES string of the molecule is COc1ccc(C2=NN(CC(=O)O)C(=O)[C@H]3CCCC[C@@H]23)cc1OC. The van der Waals surface area contributed by atoms with Gasteiger partial charge in [-0.05, 0) is 31.0 Å². The fourth-order valence-corrected chi connectivity index (χ4v) is 3.71. The lowest BCUT2D eigenvalue weighted by Crippen LogP contribution is -2.47. The van der Waals surface area contributed by atoms with Crippen LogP contribution in [-0.2, 0) is 9.59 Å². The highest BCUT2D eigenvalue weighted by Gasteiger charge is 2.41. The lowest BCUT2D eigenvalue weighted by molar-refractivity contribution is -0.148. The van der Waals surface area contributed by atoms with Crippen molar-refractivity contribution in [3.8, 4) is 11.5 Å². The number of nitrogens with zero attached hydrogens (tertiary/aromatic N) is 2. The van der Waals surface area contributed by atoms with E-state index in [1.54, 1.807) is 20.3 Å². The zero-order valence-corrected chi connectivity index (χ0v) is 14.4. The van der Waals surface area contributed by atoms with Crippen LogP contribution in [0, 0.1) is 11.8 Å². The third-order valence-electron chi connectivity index (χ3n) is 4.88. The van der Waals surface area contributed by atoms with Gasteiger partial charge in [-0.3, -0.25) is 9.59 Å². The molecular weight excluding hydrogens is 324 g/mol. The minimum Gasteiger partial charge on any atom is -0.493 e. The number of rotatable bonds is 5. The molecule has 1 aliphatic heterocycles. The summed E-state index contributed by atoms with van der Waals surface area (Å²) in [6.45, 7) is -0.418. The molecule has 0 spiro atoms. The van der Waals surface area contributed by atoms with Crippen LogP contribution in [0.15, 0.2) is 23.3 Å². The molecule has 1 aromatic carbocycles. The van der Waals surface area contributed by atoms with E-state index < -0.39 is 12.5 Å². The molecule has 1 saturated carbocycles. The van der Waals surface area contributed by atoms with Crippen LogP contribution in [0.25, 0.3) is 0 Å². The number of carbonyl (C=O) groups is 2. The summed E-state index contributed by atoms with van der Waals surface area (Å²) >= 11 is 0. The van der Waals surface area contributed by atoms with Gasteiger partial charge in [-0.15, -0.1) is 0 Å². The Morgan fingerprint density at radius 2 is 1.88 bits per heavy atom. The Bertz CT molecular complexity index is 715. The van der Waals surface area contributed by atoms with Gasteiger partial charge in [-0.1, -0.05) is 12.8 Å². The predicted molar refractivity (Wildman–Crippen MR) is 90.9 cm³/mol. The molecule has 0 aromatic heterocycles. The summed E-state index contributed by atoms with van der Waals surface area (Å²) in [6.07, 6.45) is 3.67. The quantitative estimate of drug-likeness (QED) is 0.882. The molecule has 0 saturated heterocycles. The van der Waals surface area contributed by atoms with Gasteiger partial charge in [-0.25, -0.2) is 5.01 Å². The molecule has 0 radical (unpaired) electrons. The number of carboxylic acid groups (broad SMARTS) is 1. The maximum Gasteiger partial charge on any atom is 0.325 e. The molecule has 0 bridgehead atoms. The Balaban J connectivity index is 2.04. The largest absolute Gasteiger partial charge is 0.493 e. The monoisotopic (exact) mass is 346 g/mol. The van der Waals surface area contributed by atoms with Crippen molar-refractivity contribution in [2.45, 2.75) is 25.7 Å². The zero-order chi connectivity index (χ0) is 18.0. The Kier molecular flexibility index (Phi) is 4.92. The molecule has 1 aromatic rings. The average molecular weight is 346 g/mol. The Morgan fingerprint density at radius 1 is 1.20 bits per heavy atom.